The van der Waals surface area contributed by atoms with Crippen molar-refractivity contribution in [1.29, 1.82) is 0 Å². The largest absolute Gasteiger partial charge is 0.394 e. The Labute approximate surface area is 79.6 Å². The van der Waals surface area contributed by atoms with Crippen LogP contribution in [0.3, 0.4) is 0 Å². The van der Waals surface area contributed by atoms with E-state index >= 15 is 0 Å². The van der Waals surface area contributed by atoms with E-state index in [1.807, 2.05) is 32.2 Å². The zero-order chi connectivity index (χ0) is 9.73. The molecule has 0 aliphatic heterocycles. The number of likely N-dealkylation sites (N-methyl/N-ethyl adjacent to an activating group) is 1. The fourth-order valence-electron chi connectivity index (χ4n) is 1.27. The molecule has 0 saturated heterocycles. The lowest BCUT2D eigenvalue weighted by molar-refractivity contribution is 0.182. The summed E-state index contributed by atoms with van der Waals surface area (Å²) in [6.07, 6.45) is 0.848. The Morgan fingerprint density at radius 3 is 2.38 bits per heavy atom. The van der Waals surface area contributed by atoms with E-state index in [0.29, 0.717) is 0 Å². The molecule has 0 saturated carbocycles. The topological polar surface area (TPSA) is 32.3 Å². The first-order valence-corrected chi connectivity index (χ1v) is 4.54. The molecule has 2 N–H and O–H groups in total. The van der Waals surface area contributed by atoms with Crippen molar-refractivity contribution in [3.05, 3.63) is 35.9 Å². The lowest BCUT2D eigenvalue weighted by atomic mass is 9.94. The molecule has 13 heavy (non-hydrogen) atoms. The highest BCUT2D eigenvalue weighted by Crippen LogP contribution is 2.11. The molecule has 2 nitrogen and oxygen atoms in total. The van der Waals surface area contributed by atoms with Crippen molar-refractivity contribution in [2.75, 3.05) is 13.7 Å². The van der Waals surface area contributed by atoms with E-state index in [4.69, 9.17) is 0 Å². The molecule has 0 bridgehead atoms. The highest BCUT2D eigenvalue weighted by molar-refractivity contribution is 5.17. The van der Waals surface area contributed by atoms with E-state index in [0.717, 1.165) is 6.42 Å². The summed E-state index contributed by atoms with van der Waals surface area (Å²) in [5, 5.41) is 12.3. The second-order valence-electron chi connectivity index (χ2n) is 3.63. The number of rotatable bonds is 4. The number of aliphatic hydroxyl groups is 1. The summed E-state index contributed by atoms with van der Waals surface area (Å²) in [7, 11) is 1.87. The average Bonchev–Trinajstić information content (AvgIpc) is 2.19. The minimum atomic E-state index is -0.207. The van der Waals surface area contributed by atoms with Crippen molar-refractivity contribution in [2.24, 2.45) is 0 Å². The maximum absolute atomic E-state index is 9.18. The van der Waals surface area contributed by atoms with Crippen LogP contribution in [0.5, 0.6) is 0 Å². The monoisotopic (exact) mass is 179 g/mol. The molecule has 0 radical (unpaired) electrons. The van der Waals surface area contributed by atoms with E-state index in [-0.39, 0.29) is 12.1 Å². The van der Waals surface area contributed by atoms with Gasteiger partial charge in [-0.3, -0.25) is 0 Å². The summed E-state index contributed by atoms with van der Waals surface area (Å²) in [6.45, 7) is 2.17. The lowest BCUT2D eigenvalue weighted by Crippen LogP contribution is -2.45. The normalized spacial score (nSPS) is 15.3. The van der Waals surface area contributed by atoms with Gasteiger partial charge in [0.05, 0.1) is 6.61 Å². The number of hydrogen-bond acceptors (Lipinski definition) is 2. The summed E-state index contributed by atoms with van der Waals surface area (Å²) < 4.78 is 0. The van der Waals surface area contributed by atoms with Crippen LogP contribution in [-0.2, 0) is 6.42 Å². The Bertz CT molecular complexity index is 242. The fraction of sp³-hybridized carbons (Fsp3) is 0.455. The van der Waals surface area contributed by atoms with Crippen LogP contribution in [0.2, 0.25) is 0 Å². The zero-order valence-electron chi connectivity index (χ0n) is 8.25. The van der Waals surface area contributed by atoms with Crippen LogP contribution < -0.4 is 5.32 Å². The van der Waals surface area contributed by atoms with Crippen molar-refractivity contribution in [3.8, 4) is 0 Å². The van der Waals surface area contributed by atoms with Crippen molar-refractivity contribution >= 4 is 0 Å². The molecule has 0 aliphatic carbocycles. The van der Waals surface area contributed by atoms with Crippen LogP contribution in [0.4, 0.5) is 0 Å². The molecule has 0 fully saturated rings. The van der Waals surface area contributed by atoms with Gasteiger partial charge >= 0.3 is 0 Å². The van der Waals surface area contributed by atoms with Gasteiger partial charge in [-0.15, -0.1) is 0 Å². The van der Waals surface area contributed by atoms with Gasteiger partial charge in [-0.05, 0) is 26.0 Å². The average molecular weight is 179 g/mol. The van der Waals surface area contributed by atoms with E-state index in [1.54, 1.807) is 0 Å². The first kappa shape index (κ1) is 10.2. The van der Waals surface area contributed by atoms with Gasteiger partial charge in [0.25, 0.3) is 0 Å². The maximum Gasteiger partial charge on any atom is 0.0613 e. The summed E-state index contributed by atoms with van der Waals surface area (Å²) in [6, 6.07) is 10.2. The van der Waals surface area contributed by atoms with Gasteiger partial charge in [0.2, 0.25) is 0 Å². The summed E-state index contributed by atoms with van der Waals surface area (Å²) in [5.74, 6) is 0. The molecule has 0 spiro atoms. The predicted molar refractivity (Wildman–Crippen MR) is 54.7 cm³/mol. The minimum absolute atomic E-state index is 0.151. The SMILES string of the molecule is CNC(C)(CO)Cc1ccccc1. The molecule has 1 atom stereocenters. The second kappa shape index (κ2) is 4.40. The molecule has 1 aromatic rings. The number of nitrogens with one attached hydrogen (secondary N) is 1. The predicted octanol–water partition coefficient (Wildman–Crippen LogP) is 1.20. The Morgan fingerprint density at radius 1 is 1.31 bits per heavy atom. The maximum atomic E-state index is 9.18. The van der Waals surface area contributed by atoms with Crippen LogP contribution in [0.25, 0.3) is 0 Å². The highest BCUT2D eigenvalue weighted by atomic mass is 16.3. The lowest BCUT2D eigenvalue weighted by Gasteiger charge is -2.26. The molecule has 0 aliphatic rings. The Hall–Kier alpha value is -0.860. The van der Waals surface area contributed by atoms with E-state index in [1.165, 1.54) is 5.56 Å². The third-order valence-electron chi connectivity index (χ3n) is 2.39. The molecule has 0 aromatic heterocycles. The summed E-state index contributed by atoms with van der Waals surface area (Å²) >= 11 is 0. The van der Waals surface area contributed by atoms with Crippen molar-refractivity contribution in [3.63, 3.8) is 0 Å². The Balaban J connectivity index is 2.68. The number of aliphatic hydroxyl groups excluding tert-OH is 1. The smallest absolute Gasteiger partial charge is 0.0613 e. The van der Waals surface area contributed by atoms with Gasteiger partial charge in [0.1, 0.15) is 0 Å². The fourth-order valence-corrected chi connectivity index (χ4v) is 1.27. The molecule has 72 valence electrons. The Morgan fingerprint density at radius 2 is 1.92 bits per heavy atom. The molecule has 2 heteroatoms. The van der Waals surface area contributed by atoms with Gasteiger partial charge in [0, 0.05) is 5.54 Å². The van der Waals surface area contributed by atoms with Crippen molar-refractivity contribution in [2.45, 2.75) is 18.9 Å². The Kier molecular flexibility index (Phi) is 3.46. The van der Waals surface area contributed by atoms with Crippen LogP contribution >= 0.6 is 0 Å². The molecule has 1 aromatic carbocycles. The van der Waals surface area contributed by atoms with Crippen LogP contribution in [0.15, 0.2) is 30.3 Å². The van der Waals surface area contributed by atoms with E-state index in [2.05, 4.69) is 17.4 Å². The quantitative estimate of drug-likeness (QED) is 0.728. The van der Waals surface area contributed by atoms with E-state index < -0.39 is 0 Å². The summed E-state index contributed by atoms with van der Waals surface area (Å²) in [5.41, 5.74) is 1.04. The summed E-state index contributed by atoms with van der Waals surface area (Å²) in [4.78, 5) is 0. The zero-order valence-corrected chi connectivity index (χ0v) is 8.25. The van der Waals surface area contributed by atoms with Gasteiger partial charge < -0.3 is 10.4 Å². The highest BCUT2D eigenvalue weighted by Gasteiger charge is 2.20. The minimum Gasteiger partial charge on any atom is -0.394 e. The molecule has 0 amide bonds. The van der Waals surface area contributed by atoms with Gasteiger partial charge in [-0.2, -0.15) is 0 Å². The van der Waals surface area contributed by atoms with Gasteiger partial charge in [-0.25, -0.2) is 0 Å². The standard InChI is InChI=1S/C11H17NO/c1-11(9-13,12-2)8-10-6-4-3-5-7-10/h3-7,12-13H,8-9H2,1-2H3. The molecule has 1 unspecified atom stereocenters. The van der Waals surface area contributed by atoms with Gasteiger partial charge in [0.15, 0.2) is 0 Å². The number of benzene rings is 1. The van der Waals surface area contributed by atoms with Crippen molar-refractivity contribution in [1.82, 2.24) is 5.32 Å². The first-order valence-electron chi connectivity index (χ1n) is 4.54. The second-order valence-corrected chi connectivity index (χ2v) is 3.63. The number of hydrogen-bond donors (Lipinski definition) is 2. The van der Waals surface area contributed by atoms with Crippen LogP contribution in [0, 0.1) is 0 Å². The first-order chi connectivity index (χ1) is 6.20. The third kappa shape index (κ3) is 2.83. The third-order valence-corrected chi connectivity index (χ3v) is 2.39. The van der Waals surface area contributed by atoms with E-state index in [9.17, 15) is 5.11 Å². The van der Waals surface area contributed by atoms with Crippen LogP contribution in [-0.4, -0.2) is 24.3 Å². The molecule has 0 heterocycles. The molecular weight excluding hydrogens is 162 g/mol. The molecular formula is C11H17NO. The van der Waals surface area contributed by atoms with Gasteiger partial charge in [-0.1, -0.05) is 30.3 Å². The molecule has 1 rings (SSSR count). The van der Waals surface area contributed by atoms with Crippen molar-refractivity contribution < 1.29 is 5.11 Å². The van der Waals surface area contributed by atoms with Crippen LogP contribution in [0.1, 0.15) is 12.5 Å².